The third kappa shape index (κ3) is 7.23. The molecule has 202 valence electrons. The lowest BCUT2D eigenvalue weighted by atomic mass is 10.1. The first-order valence-corrected chi connectivity index (χ1v) is 15.8. The van der Waals surface area contributed by atoms with Gasteiger partial charge in [0.15, 0.2) is 6.61 Å². The van der Waals surface area contributed by atoms with Gasteiger partial charge in [0.2, 0.25) is 20.0 Å². The molecule has 2 aliphatic rings. The molecule has 1 aliphatic carbocycles. The van der Waals surface area contributed by atoms with E-state index < -0.39 is 20.0 Å². The van der Waals surface area contributed by atoms with Gasteiger partial charge >= 0.3 is 0 Å². The standard InChI is InChI=1S/C25H32ClN3O6S2/c26-23-17-22(36(31,32)28-20-5-1-2-6-20)11-12-24(23)35-18-25(30)27-14-13-19-7-9-21(10-8-19)37(33,34)29-15-3-4-16-29/h7-12,17,20,28H,1-6,13-16,18H2,(H,27,30). The van der Waals surface area contributed by atoms with Gasteiger partial charge in [-0.15, -0.1) is 0 Å². The van der Waals surface area contributed by atoms with Crippen molar-refractivity contribution in [1.82, 2.24) is 14.3 Å². The molecule has 2 fully saturated rings. The molecule has 0 bridgehead atoms. The number of benzene rings is 2. The second-order valence-electron chi connectivity index (χ2n) is 9.34. The van der Waals surface area contributed by atoms with E-state index in [0.29, 0.717) is 26.1 Å². The minimum Gasteiger partial charge on any atom is -0.482 e. The van der Waals surface area contributed by atoms with Crippen molar-refractivity contribution in [3.63, 3.8) is 0 Å². The van der Waals surface area contributed by atoms with E-state index >= 15 is 0 Å². The molecule has 9 nitrogen and oxygen atoms in total. The minimum atomic E-state index is -3.67. The zero-order valence-electron chi connectivity index (χ0n) is 20.5. The molecule has 12 heteroatoms. The number of carbonyl (C=O) groups excluding carboxylic acids is 1. The van der Waals surface area contributed by atoms with Gasteiger partial charge in [0, 0.05) is 25.7 Å². The number of nitrogens with one attached hydrogen (secondary N) is 2. The molecule has 2 aromatic carbocycles. The van der Waals surface area contributed by atoms with E-state index in [9.17, 15) is 21.6 Å². The van der Waals surface area contributed by atoms with Gasteiger partial charge in [-0.25, -0.2) is 21.6 Å². The second kappa shape index (κ2) is 12.1. The topological polar surface area (TPSA) is 122 Å². The Kier molecular flexibility index (Phi) is 9.12. The van der Waals surface area contributed by atoms with Crippen molar-refractivity contribution in [2.75, 3.05) is 26.2 Å². The first-order chi connectivity index (χ1) is 17.6. The van der Waals surface area contributed by atoms with Gasteiger partial charge in [-0.2, -0.15) is 4.31 Å². The number of nitrogens with zero attached hydrogens (tertiary/aromatic N) is 1. The maximum Gasteiger partial charge on any atom is 0.257 e. The molecule has 1 amide bonds. The summed E-state index contributed by atoms with van der Waals surface area (Å²) in [6.07, 6.45) is 5.98. The van der Waals surface area contributed by atoms with E-state index in [1.807, 2.05) is 0 Å². The number of halogens is 1. The van der Waals surface area contributed by atoms with Crippen molar-refractivity contribution >= 4 is 37.6 Å². The first kappa shape index (κ1) is 27.8. The Morgan fingerprint density at radius 2 is 1.59 bits per heavy atom. The summed E-state index contributed by atoms with van der Waals surface area (Å²) in [7, 11) is -7.12. The van der Waals surface area contributed by atoms with Gasteiger partial charge < -0.3 is 10.1 Å². The summed E-state index contributed by atoms with van der Waals surface area (Å²) >= 11 is 6.21. The van der Waals surface area contributed by atoms with Crippen LogP contribution in [0.5, 0.6) is 5.75 Å². The molecule has 2 N–H and O–H groups in total. The van der Waals surface area contributed by atoms with E-state index in [-0.39, 0.29) is 39.1 Å². The average Bonchev–Trinajstić information content (AvgIpc) is 3.58. The Morgan fingerprint density at radius 3 is 2.24 bits per heavy atom. The van der Waals surface area contributed by atoms with Gasteiger partial charge in [-0.3, -0.25) is 4.79 Å². The van der Waals surface area contributed by atoms with Crippen LogP contribution in [-0.2, 0) is 31.3 Å². The minimum absolute atomic E-state index is 0.0516. The van der Waals surface area contributed by atoms with Crippen LogP contribution in [0.2, 0.25) is 5.02 Å². The molecule has 0 spiro atoms. The second-order valence-corrected chi connectivity index (χ2v) is 13.4. The highest BCUT2D eigenvalue weighted by atomic mass is 35.5. The highest BCUT2D eigenvalue weighted by Gasteiger charge is 2.27. The highest BCUT2D eigenvalue weighted by Crippen LogP contribution is 2.28. The number of amides is 1. The third-order valence-corrected chi connectivity index (χ3v) is 10.3. The van der Waals surface area contributed by atoms with E-state index in [1.165, 1.54) is 22.5 Å². The average molecular weight is 570 g/mol. The van der Waals surface area contributed by atoms with Gasteiger partial charge in [0.1, 0.15) is 5.75 Å². The van der Waals surface area contributed by atoms with Crippen LogP contribution in [0.3, 0.4) is 0 Å². The van der Waals surface area contributed by atoms with Crippen LogP contribution in [0, 0.1) is 0 Å². The van der Waals surface area contributed by atoms with Crippen LogP contribution in [0.1, 0.15) is 44.1 Å². The summed E-state index contributed by atoms with van der Waals surface area (Å²) in [5.41, 5.74) is 0.896. The van der Waals surface area contributed by atoms with Crippen LogP contribution >= 0.6 is 11.6 Å². The number of rotatable bonds is 11. The van der Waals surface area contributed by atoms with Gasteiger partial charge in [-0.1, -0.05) is 36.6 Å². The third-order valence-electron chi connectivity index (χ3n) is 6.61. The summed E-state index contributed by atoms with van der Waals surface area (Å²) < 4.78 is 60.1. The SMILES string of the molecule is O=C(COc1ccc(S(=O)(=O)NC2CCCC2)cc1Cl)NCCc1ccc(S(=O)(=O)N2CCCC2)cc1. The Labute approximate surface area is 223 Å². The number of ether oxygens (including phenoxy) is 1. The number of sulfonamides is 2. The monoisotopic (exact) mass is 569 g/mol. The highest BCUT2D eigenvalue weighted by molar-refractivity contribution is 7.89. The van der Waals surface area contributed by atoms with Gasteiger partial charge in [0.25, 0.3) is 5.91 Å². The number of hydrogen-bond donors (Lipinski definition) is 2. The fourth-order valence-electron chi connectivity index (χ4n) is 4.54. The van der Waals surface area contributed by atoms with Crippen LogP contribution in [-0.4, -0.2) is 59.3 Å². The molecular weight excluding hydrogens is 538 g/mol. The smallest absolute Gasteiger partial charge is 0.257 e. The summed E-state index contributed by atoms with van der Waals surface area (Å²) in [4.78, 5) is 12.5. The maximum absolute atomic E-state index is 12.6. The molecule has 37 heavy (non-hydrogen) atoms. The lowest BCUT2D eigenvalue weighted by molar-refractivity contribution is -0.123. The fraction of sp³-hybridized carbons (Fsp3) is 0.480. The Hall–Kier alpha value is -2.18. The van der Waals surface area contributed by atoms with Crippen LogP contribution in [0.25, 0.3) is 0 Å². The van der Waals surface area contributed by atoms with Crippen molar-refractivity contribution in [3.05, 3.63) is 53.1 Å². The molecule has 0 radical (unpaired) electrons. The molecular formula is C25H32ClN3O6S2. The van der Waals surface area contributed by atoms with Crippen molar-refractivity contribution in [2.45, 2.75) is 60.8 Å². The van der Waals surface area contributed by atoms with Crippen LogP contribution < -0.4 is 14.8 Å². The van der Waals surface area contributed by atoms with Gasteiger partial charge in [0.05, 0.1) is 14.8 Å². The fourth-order valence-corrected chi connectivity index (χ4v) is 7.69. The molecule has 0 unspecified atom stereocenters. The van der Waals surface area contributed by atoms with Crippen LogP contribution in [0.4, 0.5) is 0 Å². The number of hydrogen-bond acceptors (Lipinski definition) is 6. The summed E-state index contributed by atoms with van der Waals surface area (Å²) in [6, 6.07) is 10.8. The largest absolute Gasteiger partial charge is 0.482 e. The predicted octanol–water partition coefficient (Wildman–Crippen LogP) is 3.08. The summed E-state index contributed by atoms with van der Waals surface area (Å²) in [5, 5.41) is 2.85. The predicted molar refractivity (Wildman–Crippen MR) is 141 cm³/mol. The summed E-state index contributed by atoms with van der Waals surface area (Å²) in [5.74, 6) is -0.143. The van der Waals surface area contributed by atoms with E-state index in [0.717, 1.165) is 44.1 Å². The lowest BCUT2D eigenvalue weighted by Gasteiger charge is -2.15. The van der Waals surface area contributed by atoms with E-state index in [1.54, 1.807) is 24.3 Å². The Morgan fingerprint density at radius 1 is 0.946 bits per heavy atom. The Bertz CT molecular complexity index is 1300. The molecule has 0 aromatic heterocycles. The zero-order chi connectivity index (χ0) is 26.5. The molecule has 0 atom stereocenters. The summed E-state index contributed by atoms with van der Waals surface area (Å²) in [6.45, 7) is 1.19. The Balaban J connectivity index is 1.22. The maximum atomic E-state index is 12.6. The van der Waals surface area contributed by atoms with Gasteiger partial charge in [-0.05, 0) is 68.0 Å². The molecule has 4 rings (SSSR count). The first-order valence-electron chi connectivity index (χ1n) is 12.5. The quantitative estimate of drug-likeness (QED) is 0.429. The number of carbonyl (C=O) groups is 1. The van der Waals surface area contributed by atoms with E-state index in [2.05, 4.69) is 10.0 Å². The van der Waals surface area contributed by atoms with E-state index in [4.69, 9.17) is 16.3 Å². The van der Waals surface area contributed by atoms with Crippen molar-refractivity contribution in [1.29, 1.82) is 0 Å². The van der Waals surface area contributed by atoms with Crippen molar-refractivity contribution in [2.24, 2.45) is 0 Å². The van der Waals surface area contributed by atoms with Crippen molar-refractivity contribution in [3.8, 4) is 5.75 Å². The zero-order valence-corrected chi connectivity index (χ0v) is 22.9. The van der Waals surface area contributed by atoms with Crippen LogP contribution in [0.15, 0.2) is 52.3 Å². The molecule has 1 heterocycles. The lowest BCUT2D eigenvalue weighted by Crippen LogP contribution is -2.32. The molecule has 1 aliphatic heterocycles. The van der Waals surface area contributed by atoms with Crippen molar-refractivity contribution < 1.29 is 26.4 Å². The molecule has 1 saturated heterocycles. The molecule has 1 saturated carbocycles. The molecule has 2 aromatic rings. The normalized spacial score (nSPS) is 17.2.